The van der Waals surface area contributed by atoms with Gasteiger partial charge in [-0.1, -0.05) is 6.07 Å². The van der Waals surface area contributed by atoms with Crippen LogP contribution in [-0.2, 0) is 0 Å². The zero-order valence-corrected chi connectivity index (χ0v) is 10.3. The quantitative estimate of drug-likeness (QED) is 0.787. The molecule has 17 heavy (non-hydrogen) atoms. The van der Waals surface area contributed by atoms with Gasteiger partial charge in [0, 0.05) is 6.54 Å². The van der Waals surface area contributed by atoms with Gasteiger partial charge < -0.3 is 19.9 Å². The van der Waals surface area contributed by atoms with Crippen molar-refractivity contribution in [1.82, 2.24) is 5.32 Å². The molecule has 0 bridgehead atoms. The van der Waals surface area contributed by atoms with Crippen molar-refractivity contribution in [3.05, 3.63) is 23.8 Å². The number of hydrogen-bond donors (Lipinski definition) is 2. The Bertz CT molecular complexity index is 377. The topological polar surface area (TPSA) is 50.7 Å². The van der Waals surface area contributed by atoms with Gasteiger partial charge in [0.05, 0.1) is 19.3 Å². The van der Waals surface area contributed by atoms with E-state index in [0.29, 0.717) is 12.6 Å². The van der Waals surface area contributed by atoms with E-state index in [1.807, 2.05) is 25.2 Å². The first-order chi connectivity index (χ1) is 8.24. The van der Waals surface area contributed by atoms with Crippen LogP contribution in [0, 0.1) is 0 Å². The van der Waals surface area contributed by atoms with E-state index < -0.39 is 6.10 Å². The Morgan fingerprint density at radius 3 is 2.76 bits per heavy atom. The number of hydrogen-bond acceptors (Lipinski definition) is 4. The number of aliphatic hydroxyl groups excluding tert-OH is 1. The fraction of sp³-hybridized carbons (Fsp3) is 0.538. The van der Waals surface area contributed by atoms with Crippen molar-refractivity contribution in [2.24, 2.45) is 0 Å². The fourth-order valence-electron chi connectivity index (χ4n) is 1.67. The van der Waals surface area contributed by atoms with Crippen molar-refractivity contribution < 1.29 is 14.6 Å². The molecule has 0 spiro atoms. The molecule has 1 atom stereocenters. The molecule has 2 rings (SSSR count). The van der Waals surface area contributed by atoms with Crippen LogP contribution in [0.1, 0.15) is 24.5 Å². The van der Waals surface area contributed by atoms with Crippen molar-refractivity contribution in [3.63, 3.8) is 0 Å². The number of likely N-dealkylation sites (N-methyl/N-ethyl adjacent to an activating group) is 1. The van der Waals surface area contributed by atoms with E-state index in [1.165, 1.54) is 0 Å². The molecule has 0 amide bonds. The van der Waals surface area contributed by atoms with Gasteiger partial charge >= 0.3 is 0 Å². The smallest absolute Gasteiger partial charge is 0.161 e. The van der Waals surface area contributed by atoms with Gasteiger partial charge in [-0.15, -0.1) is 0 Å². The average Bonchev–Trinajstić information content (AvgIpc) is 3.13. The van der Waals surface area contributed by atoms with Gasteiger partial charge in [0.15, 0.2) is 11.5 Å². The Balaban J connectivity index is 2.17. The van der Waals surface area contributed by atoms with E-state index in [4.69, 9.17) is 9.47 Å². The van der Waals surface area contributed by atoms with Gasteiger partial charge in [-0.3, -0.25) is 0 Å². The lowest BCUT2D eigenvalue weighted by atomic mass is 10.1. The summed E-state index contributed by atoms with van der Waals surface area (Å²) in [5.74, 6) is 1.44. The summed E-state index contributed by atoms with van der Waals surface area (Å²) in [6.07, 6.45) is 2.01. The molecular formula is C13H19NO3. The molecule has 1 unspecified atom stereocenters. The molecule has 1 aliphatic rings. The van der Waals surface area contributed by atoms with Crippen LogP contribution < -0.4 is 14.8 Å². The molecule has 94 valence electrons. The minimum Gasteiger partial charge on any atom is -0.493 e. The number of rotatable bonds is 6. The lowest BCUT2D eigenvalue weighted by Crippen LogP contribution is -2.16. The molecule has 1 saturated carbocycles. The minimum absolute atomic E-state index is 0.320. The zero-order valence-electron chi connectivity index (χ0n) is 10.3. The summed E-state index contributed by atoms with van der Waals surface area (Å²) < 4.78 is 11.0. The van der Waals surface area contributed by atoms with Crippen LogP contribution in [0.15, 0.2) is 18.2 Å². The third-order valence-electron chi connectivity index (χ3n) is 2.79. The highest BCUT2D eigenvalue weighted by molar-refractivity contribution is 5.44. The third-order valence-corrected chi connectivity index (χ3v) is 2.79. The van der Waals surface area contributed by atoms with E-state index in [1.54, 1.807) is 7.11 Å². The highest BCUT2D eigenvalue weighted by Crippen LogP contribution is 2.35. The zero-order chi connectivity index (χ0) is 12.3. The number of nitrogens with one attached hydrogen (secondary N) is 1. The van der Waals surface area contributed by atoms with Crippen LogP contribution in [0.5, 0.6) is 11.5 Å². The molecule has 0 radical (unpaired) electrons. The first-order valence-corrected chi connectivity index (χ1v) is 5.92. The first kappa shape index (κ1) is 12.2. The fourth-order valence-corrected chi connectivity index (χ4v) is 1.67. The molecule has 0 saturated heterocycles. The van der Waals surface area contributed by atoms with Crippen molar-refractivity contribution in [1.29, 1.82) is 0 Å². The second-order valence-corrected chi connectivity index (χ2v) is 4.30. The van der Waals surface area contributed by atoms with Crippen LogP contribution >= 0.6 is 0 Å². The maximum absolute atomic E-state index is 9.90. The summed E-state index contributed by atoms with van der Waals surface area (Å²) in [6.45, 7) is 0.523. The van der Waals surface area contributed by atoms with Crippen LogP contribution in [-0.4, -0.2) is 31.9 Å². The second kappa shape index (κ2) is 5.38. The van der Waals surface area contributed by atoms with Crippen molar-refractivity contribution >= 4 is 0 Å². The maximum atomic E-state index is 9.90. The summed E-state index contributed by atoms with van der Waals surface area (Å²) in [6, 6.07) is 5.56. The summed E-state index contributed by atoms with van der Waals surface area (Å²) in [4.78, 5) is 0. The summed E-state index contributed by atoms with van der Waals surface area (Å²) in [7, 11) is 3.44. The van der Waals surface area contributed by atoms with E-state index in [2.05, 4.69) is 5.32 Å². The van der Waals surface area contributed by atoms with Crippen molar-refractivity contribution in [2.75, 3.05) is 20.7 Å². The largest absolute Gasteiger partial charge is 0.493 e. The Morgan fingerprint density at radius 1 is 1.41 bits per heavy atom. The van der Waals surface area contributed by atoms with Crippen LogP contribution in [0.3, 0.4) is 0 Å². The maximum Gasteiger partial charge on any atom is 0.161 e. The molecule has 2 N–H and O–H groups in total. The number of ether oxygens (including phenoxy) is 2. The highest BCUT2D eigenvalue weighted by Gasteiger charge is 2.25. The van der Waals surface area contributed by atoms with E-state index in [9.17, 15) is 5.11 Å². The van der Waals surface area contributed by atoms with Gasteiger partial charge in [0.2, 0.25) is 0 Å². The highest BCUT2D eigenvalue weighted by atomic mass is 16.5. The third kappa shape index (κ3) is 3.11. The van der Waals surface area contributed by atoms with Crippen molar-refractivity contribution in [2.45, 2.75) is 25.0 Å². The molecule has 0 heterocycles. The predicted molar refractivity (Wildman–Crippen MR) is 65.5 cm³/mol. The number of benzene rings is 1. The van der Waals surface area contributed by atoms with Gasteiger partial charge in [-0.25, -0.2) is 0 Å². The van der Waals surface area contributed by atoms with Gasteiger partial charge in [-0.2, -0.15) is 0 Å². The summed E-state index contributed by atoms with van der Waals surface area (Å²) >= 11 is 0. The second-order valence-electron chi connectivity index (χ2n) is 4.30. The molecular weight excluding hydrogens is 218 g/mol. The lowest BCUT2D eigenvalue weighted by molar-refractivity contribution is 0.176. The normalized spacial score (nSPS) is 16.6. The molecule has 4 nitrogen and oxygen atoms in total. The standard InChI is InChI=1S/C13H19NO3/c1-14-8-11(15)9-3-6-12(16-2)13(7-9)17-10-4-5-10/h3,6-7,10-11,14-15H,4-5,8H2,1-2H3. The molecule has 0 aliphatic heterocycles. The van der Waals surface area contributed by atoms with E-state index in [0.717, 1.165) is 29.9 Å². The summed E-state index contributed by atoms with van der Waals surface area (Å²) in [5.41, 5.74) is 0.843. The van der Waals surface area contributed by atoms with Crippen LogP contribution in [0.2, 0.25) is 0 Å². The van der Waals surface area contributed by atoms with Crippen molar-refractivity contribution in [3.8, 4) is 11.5 Å². The van der Waals surface area contributed by atoms with Gasteiger partial charge in [-0.05, 0) is 37.6 Å². The molecule has 1 fully saturated rings. The lowest BCUT2D eigenvalue weighted by Gasteiger charge is -2.15. The number of methoxy groups -OCH3 is 1. The van der Waals surface area contributed by atoms with Gasteiger partial charge in [0.25, 0.3) is 0 Å². The van der Waals surface area contributed by atoms with Gasteiger partial charge in [0.1, 0.15) is 0 Å². The summed E-state index contributed by atoms with van der Waals surface area (Å²) in [5, 5.41) is 12.8. The molecule has 1 aromatic rings. The van der Waals surface area contributed by atoms with Crippen LogP contribution in [0.4, 0.5) is 0 Å². The molecule has 1 aromatic carbocycles. The first-order valence-electron chi connectivity index (χ1n) is 5.92. The molecule has 1 aliphatic carbocycles. The Kier molecular flexibility index (Phi) is 3.86. The van der Waals surface area contributed by atoms with Crippen LogP contribution in [0.25, 0.3) is 0 Å². The molecule has 4 heteroatoms. The Labute approximate surface area is 102 Å². The number of aliphatic hydroxyl groups is 1. The SMILES string of the molecule is CNCC(O)c1ccc(OC)c(OC2CC2)c1. The average molecular weight is 237 g/mol. The Hall–Kier alpha value is -1.26. The Morgan fingerprint density at radius 2 is 2.18 bits per heavy atom. The van der Waals surface area contributed by atoms with E-state index in [-0.39, 0.29) is 0 Å². The molecule has 0 aromatic heterocycles. The monoisotopic (exact) mass is 237 g/mol. The predicted octanol–water partition coefficient (Wildman–Crippen LogP) is 1.49. The minimum atomic E-state index is -0.521. The van der Waals surface area contributed by atoms with E-state index >= 15 is 0 Å².